The van der Waals surface area contributed by atoms with Crippen LogP contribution in [0.2, 0.25) is 0 Å². The Kier molecular flexibility index (Phi) is 9.43. The Balaban J connectivity index is 2.44. The van der Waals surface area contributed by atoms with Crippen molar-refractivity contribution in [2.75, 3.05) is 47.5 Å². The molecule has 0 fully saturated rings. The van der Waals surface area contributed by atoms with E-state index in [1.807, 2.05) is 0 Å². The predicted molar refractivity (Wildman–Crippen MR) is 128 cm³/mol. The fraction of sp³-hybridized carbons (Fsp3) is 0.348. The highest BCUT2D eigenvalue weighted by atomic mass is 32.2. The molecule has 9 nitrogen and oxygen atoms in total. The van der Waals surface area contributed by atoms with Crippen molar-refractivity contribution in [1.29, 1.82) is 0 Å². The van der Waals surface area contributed by atoms with E-state index in [0.717, 1.165) is 15.4 Å². The fourth-order valence-electron chi connectivity index (χ4n) is 3.26. The molecule has 0 aliphatic heterocycles. The molecule has 1 amide bonds. The molecule has 0 bridgehead atoms. The molecule has 0 aliphatic rings. The number of hydrogen-bond acceptors (Lipinski definition) is 8. The van der Waals surface area contributed by atoms with Crippen molar-refractivity contribution in [2.45, 2.75) is 12.2 Å². The molecule has 0 unspecified atom stereocenters. The van der Waals surface area contributed by atoms with Crippen LogP contribution in [0.4, 0.5) is 14.5 Å². The summed E-state index contributed by atoms with van der Waals surface area (Å²) in [4.78, 5) is 12.1. The lowest BCUT2D eigenvalue weighted by Gasteiger charge is -2.30. The molecule has 2 rings (SSSR count). The quantitative estimate of drug-likeness (QED) is 0.422. The van der Waals surface area contributed by atoms with Crippen molar-refractivity contribution >= 4 is 27.5 Å². The van der Waals surface area contributed by atoms with Gasteiger partial charge in [0.15, 0.2) is 9.84 Å². The molecule has 2 aromatic rings. The first-order chi connectivity index (χ1) is 16.5. The molecule has 0 saturated heterocycles. The molecular weight excluding hydrogens is 486 g/mol. The zero-order valence-corrected chi connectivity index (χ0v) is 21.1. The molecule has 0 aromatic heterocycles. The highest BCUT2D eigenvalue weighted by Gasteiger charge is 2.29. The summed E-state index contributed by atoms with van der Waals surface area (Å²) < 4.78 is 73.1. The van der Waals surface area contributed by atoms with Crippen molar-refractivity contribution in [3.8, 4) is 23.0 Å². The van der Waals surface area contributed by atoms with Crippen LogP contribution in [0.25, 0.3) is 6.08 Å². The number of alkyl halides is 2. The summed E-state index contributed by atoms with van der Waals surface area (Å²) in [5.74, 6) is -0.680. The van der Waals surface area contributed by atoms with Crippen LogP contribution in [-0.2, 0) is 20.4 Å². The Morgan fingerprint density at radius 3 is 1.97 bits per heavy atom. The number of amides is 1. The summed E-state index contributed by atoms with van der Waals surface area (Å²) in [6, 6.07) is 7.37. The number of sulfone groups is 1. The van der Waals surface area contributed by atoms with Gasteiger partial charge in [0.1, 0.15) is 28.7 Å². The first-order valence-corrected chi connectivity index (χ1v) is 11.9. The van der Waals surface area contributed by atoms with Gasteiger partial charge in [-0.1, -0.05) is 6.07 Å². The molecule has 0 spiro atoms. The third-order valence-electron chi connectivity index (χ3n) is 4.83. The monoisotopic (exact) mass is 514 g/mol. The van der Waals surface area contributed by atoms with Gasteiger partial charge in [0.25, 0.3) is 0 Å². The second-order valence-electron chi connectivity index (χ2n) is 7.36. The zero-order valence-electron chi connectivity index (χ0n) is 20.2. The second-order valence-corrected chi connectivity index (χ2v) is 9.25. The van der Waals surface area contributed by atoms with Gasteiger partial charge >= 0.3 is 12.3 Å². The van der Waals surface area contributed by atoms with Gasteiger partial charge in [0.2, 0.25) is 0 Å². The minimum atomic E-state index is -3.85. The van der Waals surface area contributed by atoms with Crippen molar-refractivity contribution < 1.29 is 40.9 Å². The highest BCUT2D eigenvalue weighted by Crippen LogP contribution is 2.36. The highest BCUT2D eigenvalue weighted by molar-refractivity contribution is 7.93. The average molecular weight is 515 g/mol. The minimum Gasteiger partial charge on any atom is -0.496 e. The van der Waals surface area contributed by atoms with Gasteiger partial charge in [0, 0.05) is 31.6 Å². The number of methoxy groups -OCH3 is 4. The molecule has 192 valence electrons. The molecule has 35 heavy (non-hydrogen) atoms. The maximum absolute atomic E-state index is 13.2. The maximum Gasteiger partial charge on any atom is 0.317 e. The Bertz CT molecular complexity index is 1160. The lowest BCUT2D eigenvalue weighted by atomic mass is 10.1. The minimum absolute atomic E-state index is 0.0158. The molecule has 0 aliphatic carbocycles. The first-order valence-electron chi connectivity index (χ1n) is 10.1. The van der Waals surface area contributed by atoms with Crippen LogP contribution in [0.15, 0.2) is 35.7 Å². The molecule has 0 atom stereocenters. The van der Waals surface area contributed by atoms with Gasteiger partial charge in [-0.25, -0.2) is 18.4 Å². The Morgan fingerprint density at radius 1 is 0.943 bits per heavy atom. The van der Waals surface area contributed by atoms with Crippen molar-refractivity contribution in [2.24, 2.45) is 0 Å². The molecule has 0 heterocycles. The van der Waals surface area contributed by atoms with E-state index in [1.54, 1.807) is 12.1 Å². The average Bonchev–Trinajstić information content (AvgIpc) is 2.81. The number of hydrogen-bond donors (Lipinski definition) is 0. The van der Waals surface area contributed by atoms with Crippen molar-refractivity contribution in [3.05, 3.63) is 46.9 Å². The van der Waals surface area contributed by atoms with Crippen LogP contribution in [-0.4, -0.2) is 68.3 Å². The lowest BCUT2D eigenvalue weighted by Crippen LogP contribution is -2.45. The topological polar surface area (TPSA) is 94.6 Å². The third-order valence-corrected chi connectivity index (χ3v) is 6.12. The molecule has 0 radical (unpaired) electrons. The van der Waals surface area contributed by atoms with E-state index >= 15 is 0 Å². The lowest BCUT2D eigenvalue weighted by molar-refractivity contribution is -0.131. The fourth-order valence-corrected chi connectivity index (χ4v) is 4.35. The zero-order chi connectivity index (χ0) is 26.3. The number of hydrazine groups is 1. The van der Waals surface area contributed by atoms with E-state index < -0.39 is 27.9 Å². The predicted octanol–water partition coefficient (Wildman–Crippen LogP) is 3.38. The number of benzene rings is 2. The Hall–Kier alpha value is -3.38. The standard InChI is InChI=1S/C23H28F2N2O7S/c1-26(2)27(23(28)22(24)25)18-11-15(7-8-19(18)32-4)14-35(29,30)10-9-17-20(33-5)12-16(31-3)13-21(17)34-6/h7-13,22H,14H2,1-6H3. The van der Waals surface area contributed by atoms with E-state index in [1.165, 1.54) is 66.8 Å². The van der Waals surface area contributed by atoms with Crippen LogP contribution >= 0.6 is 0 Å². The molecular formula is C23H28F2N2O7S. The van der Waals surface area contributed by atoms with E-state index in [-0.39, 0.29) is 17.0 Å². The van der Waals surface area contributed by atoms with Gasteiger partial charge in [-0.3, -0.25) is 4.79 Å². The number of ether oxygens (including phenoxy) is 4. The van der Waals surface area contributed by atoms with Crippen LogP contribution in [0.5, 0.6) is 23.0 Å². The largest absolute Gasteiger partial charge is 0.496 e. The number of carbonyl (C=O) groups excluding carboxylic acids is 1. The van der Waals surface area contributed by atoms with E-state index in [2.05, 4.69) is 0 Å². The summed E-state index contributed by atoms with van der Waals surface area (Å²) in [5.41, 5.74) is 0.627. The summed E-state index contributed by atoms with van der Waals surface area (Å²) in [6.45, 7) is 0. The number of halogens is 2. The molecule has 12 heteroatoms. The van der Waals surface area contributed by atoms with Crippen molar-refractivity contribution in [3.63, 3.8) is 0 Å². The first kappa shape index (κ1) is 27.9. The second kappa shape index (κ2) is 11.8. The summed E-state index contributed by atoms with van der Waals surface area (Å²) in [7, 11) is 4.61. The molecule has 0 N–H and O–H groups in total. The van der Waals surface area contributed by atoms with Gasteiger partial charge < -0.3 is 18.9 Å². The summed E-state index contributed by atoms with van der Waals surface area (Å²) in [5, 5.41) is 2.88. The summed E-state index contributed by atoms with van der Waals surface area (Å²) in [6.07, 6.45) is -1.93. The number of carbonyl (C=O) groups is 1. The smallest absolute Gasteiger partial charge is 0.317 e. The van der Waals surface area contributed by atoms with Gasteiger partial charge in [-0.2, -0.15) is 8.78 Å². The van der Waals surface area contributed by atoms with Gasteiger partial charge in [-0.05, 0) is 23.8 Å². The molecule has 0 saturated carbocycles. The number of anilines is 1. The Morgan fingerprint density at radius 2 is 1.51 bits per heavy atom. The van der Waals surface area contributed by atoms with Gasteiger partial charge in [-0.15, -0.1) is 0 Å². The van der Waals surface area contributed by atoms with Crippen molar-refractivity contribution in [1.82, 2.24) is 5.01 Å². The van der Waals surface area contributed by atoms with Gasteiger partial charge in [0.05, 0.1) is 39.8 Å². The molecule has 2 aromatic carbocycles. The normalized spacial score (nSPS) is 11.7. The van der Waals surface area contributed by atoms with E-state index in [0.29, 0.717) is 22.8 Å². The SMILES string of the molecule is COc1cc(OC)c(C=CS(=O)(=O)Cc2ccc(OC)c(N(C(=O)C(F)F)N(C)C)c2)c(OC)c1. The summed E-state index contributed by atoms with van der Waals surface area (Å²) >= 11 is 0. The third kappa shape index (κ3) is 6.83. The van der Waals surface area contributed by atoms with Crippen LogP contribution in [0.3, 0.4) is 0 Å². The van der Waals surface area contributed by atoms with E-state index in [4.69, 9.17) is 18.9 Å². The van der Waals surface area contributed by atoms with Crippen LogP contribution < -0.4 is 24.0 Å². The maximum atomic E-state index is 13.2. The van der Waals surface area contributed by atoms with E-state index in [9.17, 15) is 22.0 Å². The van der Waals surface area contributed by atoms with Crippen LogP contribution in [0, 0.1) is 0 Å². The van der Waals surface area contributed by atoms with Crippen LogP contribution in [0.1, 0.15) is 11.1 Å². The number of nitrogens with zero attached hydrogens (tertiary/aromatic N) is 2. The Labute approximate surface area is 203 Å². The number of rotatable bonds is 11.